The summed E-state index contributed by atoms with van der Waals surface area (Å²) in [5.41, 5.74) is 7.01. The van der Waals surface area contributed by atoms with Gasteiger partial charge in [-0.05, 0) is 70.1 Å². The average molecular weight is 524 g/mol. The number of fused-ring (bicyclic) bond motifs is 3. The van der Waals surface area contributed by atoms with E-state index >= 15 is 0 Å². The van der Waals surface area contributed by atoms with Crippen LogP contribution in [0.15, 0.2) is 91.0 Å². The number of methoxy groups -OCH3 is 1. The Morgan fingerprint density at radius 3 is 2.08 bits per heavy atom. The lowest BCUT2D eigenvalue weighted by molar-refractivity contribution is -0.139. The van der Waals surface area contributed by atoms with Gasteiger partial charge in [0.05, 0.1) is 13.2 Å². The number of carbonyl (C=O) groups is 2. The van der Waals surface area contributed by atoms with Crippen molar-refractivity contribution in [3.8, 4) is 22.6 Å². The maximum atomic E-state index is 13.2. The van der Waals surface area contributed by atoms with Gasteiger partial charge in [0.1, 0.15) is 18.1 Å². The number of benzene rings is 4. The lowest BCUT2D eigenvalue weighted by atomic mass is 9.97. The number of carboxylic acids is 1. The van der Waals surface area contributed by atoms with Crippen LogP contribution in [0.2, 0.25) is 0 Å². The van der Waals surface area contributed by atoms with Crippen molar-refractivity contribution >= 4 is 12.1 Å². The molecule has 1 aliphatic rings. The Morgan fingerprint density at radius 1 is 0.872 bits per heavy atom. The van der Waals surface area contributed by atoms with Crippen LogP contribution in [0, 0.1) is 6.92 Å². The lowest BCUT2D eigenvalue weighted by Crippen LogP contribution is -2.31. The Balaban J connectivity index is 1.36. The van der Waals surface area contributed by atoms with Gasteiger partial charge in [-0.15, -0.1) is 0 Å². The van der Waals surface area contributed by atoms with Gasteiger partial charge in [0, 0.05) is 5.92 Å². The van der Waals surface area contributed by atoms with Crippen LogP contribution in [0.25, 0.3) is 11.1 Å². The fraction of sp³-hybridized carbons (Fsp3) is 0.188. The van der Waals surface area contributed by atoms with Crippen LogP contribution >= 0.6 is 0 Å². The third kappa shape index (κ3) is 5.57. The second-order valence-corrected chi connectivity index (χ2v) is 9.38. The predicted molar refractivity (Wildman–Crippen MR) is 147 cm³/mol. The van der Waals surface area contributed by atoms with Gasteiger partial charge in [-0.25, -0.2) is 9.59 Å². The quantitative estimate of drug-likeness (QED) is 0.276. The number of hydrogen-bond acceptors (Lipinski definition) is 5. The Kier molecular flexibility index (Phi) is 7.50. The summed E-state index contributed by atoms with van der Waals surface area (Å²) in [5.74, 6) is 0.0741. The highest BCUT2D eigenvalue weighted by atomic mass is 16.5. The molecule has 0 fully saturated rings. The molecular weight excluding hydrogens is 494 g/mol. The van der Waals surface area contributed by atoms with Crippen LogP contribution in [0.4, 0.5) is 4.79 Å². The van der Waals surface area contributed by atoms with E-state index < -0.39 is 24.7 Å². The third-order valence-corrected chi connectivity index (χ3v) is 6.94. The number of ether oxygens (including phenoxy) is 3. The van der Waals surface area contributed by atoms with Crippen LogP contribution in [0.5, 0.6) is 11.5 Å². The number of carbonyl (C=O) groups excluding carboxylic acids is 1. The molecule has 0 saturated heterocycles. The zero-order chi connectivity index (χ0) is 27.4. The number of carboxylic acid groups (broad SMARTS) is 1. The van der Waals surface area contributed by atoms with Crippen LogP contribution in [-0.4, -0.2) is 37.5 Å². The molecule has 0 radical (unpaired) electrons. The molecule has 0 bridgehead atoms. The van der Waals surface area contributed by atoms with Gasteiger partial charge in [0.25, 0.3) is 0 Å². The topological polar surface area (TPSA) is 94.1 Å². The standard InChI is InChI=1S/C32H29NO6/c1-20-17-22(13-16-29(20)38-19-30(34)35)31(21-11-14-23(37-2)15-12-21)33-32(36)39-18-28-26-9-5-3-7-24(26)25-8-4-6-10-27(25)28/h3-17,28,31H,18-19H2,1-2H3,(H,33,36)(H,34,35). The Labute approximate surface area is 227 Å². The highest BCUT2D eigenvalue weighted by Crippen LogP contribution is 2.44. The fourth-order valence-electron chi connectivity index (χ4n) is 5.07. The minimum Gasteiger partial charge on any atom is -0.497 e. The van der Waals surface area contributed by atoms with Gasteiger partial charge in [-0.1, -0.05) is 66.7 Å². The summed E-state index contributed by atoms with van der Waals surface area (Å²) in [6.45, 7) is 1.61. The van der Waals surface area contributed by atoms with E-state index in [0.717, 1.165) is 27.8 Å². The minimum atomic E-state index is -1.05. The molecule has 0 spiro atoms. The van der Waals surface area contributed by atoms with Crippen molar-refractivity contribution in [2.75, 3.05) is 20.3 Å². The van der Waals surface area contributed by atoms with Crippen LogP contribution < -0.4 is 14.8 Å². The van der Waals surface area contributed by atoms with Gasteiger partial charge in [-0.2, -0.15) is 0 Å². The molecule has 0 saturated carbocycles. The zero-order valence-corrected chi connectivity index (χ0v) is 21.7. The molecular formula is C32H29NO6. The van der Waals surface area contributed by atoms with Crippen molar-refractivity contribution in [3.05, 3.63) is 119 Å². The van der Waals surface area contributed by atoms with E-state index in [1.54, 1.807) is 13.2 Å². The van der Waals surface area contributed by atoms with E-state index in [9.17, 15) is 9.59 Å². The Bertz CT molecular complexity index is 1450. The van der Waals surface area contributed by atoms with E-state index in [1.807, 2.05) is 67.6 Å². The van der Waals surface area contributed by atoms with Gasteiger partial charge in [0.15, 0.2) is 6.61 Å². The SMILES string of the molecule is COc1ccc(C(NC(=O)OCC2c3ccccc3-c3ccccc32)c2ccc(OCC(=O)O)c(C)c2)cc1. The molecule has 4 aromatic rings. The van der Waals surface area contributed by atoms with Crippen molar-refractivity contribution in [1.29, 1.82) is 0 Å². The Morgan fingerprint density at radius 2 is 1.49 bits per heavy atom. The maximum Gasteiger partial charge on any atom is 0.407 e. The largest absolute Gasteiger partial charge is 0.497 e. The molecule has 1 amide bonds. The number of alkyl carbamates (subject to hydrolysis) is 1. The molecule has 4 aromatic carbocycles. The smallest absolute Gasteiger partial charge is 0.407 e. The first-order valence-electron chi connectivity index (χ1n) is 12.6. The molecule has 0 heterocycles. The van der Waals surface area contributed by atoms with E-state index in [4.69, 9.17) is 19.3 Å². The summed E-state index contributed by atoms with van der Waals surface area (Å²) in [7, 11) is 1.60. The van der Waals surface area contributed by atoms with Gasteiger partial charge in [0.2, 0.25) is 0 Å². The number of aliphatic carboxylic acids is 1. The van der Waals surface area contributed by atoms with E-state index in [-0.39, 0.29) is 12.5 Å². The molecule has 1 aliphatic carbocycles. The molecule has 7 heteroatoms. The van der Waals surface area contributed by atoms with E-state index in [2.05, 4.69) is 29.6 Å². The highest BCUT2D eigenvalue weighted by molar-refractivity contribution is 5.79. The molecule has 2 N–H and O–H groups in total. The number of nitrogens with one attached hydrogen (secondary N) is 1. The summed E-state index contributed by atoms with van der Waals surface area (Å²) < 4.78 is 16.5. The molecule has 7 nitrogen and oxygen atoms in total. The summed E-state index contributed by atoms with van der Waals surface area (Å²) in [5, 5.41) is 12.0. The fourth-order valence-corrected chi connectivity index (χ4v) is 5.07. The van der Waals surface area contributed by atoms with Crippen LogP contribution in [0.3, 0.4) is 0 Å². The number of rotatable bonds is 9. The van der Waals surface area contributed by atoms with E-state index in [0.29, 0.717) is 11.5 Å². The van der Waals surface area contributed by atoms with Gasteiger partial charge < -0.3 is 24.6 Å². The van der Waals surface area contributed by atoms with Crippen molar-refractivity contribution in [3.63, 3.8) is 0 Å². The molecule has 0 aromatic heterocycles. The first-order valence-corrected chi connectivity index (χ1v) is 12.6. The van der Waals surface area contributed by atoms with Gasteiger partial charge >= 0.3 is 12.1 Å². The first-order chi connectivity index (χ1) is 18.9. The summed E-state index contributed by atoms with van der Waals surface area (Å²) in [4.78, 5) is 24.1. The molecule has 0 aliphatic heterocycles. The van der Waals surface area contributed by atoms with Crippen LogP contribution in [-0.2, 0) is 9.53 Å². The van der Waals surface area contributed by atoms with Gasteiger partial charge in [-0.3, -0.25) is 0 Å². The maximum absolute atomic E-state index is 13.2. The number of hydrogen-bond donors (Lipinski definition) is 2. The lowest BCUT2D eigenvalue weighted by Gasteiger charge is -2.22. The summed E-state index contributed by atoms with van der Waals surface area (Å²) in [6.07, 6.45) is -0.540. The molecule has 198 valence electrons. The van der Waals surface area contributed by atoms with Crippen molar-refractivity contribution in [2.45, 2.75) is 18.9 Å². The summed E-state index contributed by atoms with van der Waals surface area (Å²) >= 11 is 0. The van der Waals surface area contributed by atoms with Crippen molar-refractivity contribution < 1.29 is 28.9 Å². The second-order valence-electron chi connectivity index (χ2n) is 9.38. The monoisotopic (exact) mass is 523 g/mol. The molecule has 1 unspecified atom stereocenters. The second kappa shape index (κ2) is 11.3. The Hall–Kier alpha value is -4.78. The summed E-state index contributed by atoms with van der Waals surface area (Å²) in [6, 6.07) is 28.7. The molecule has 5 rings (SSSR count). The van der Waals surface area contributed by atoms with Crippen molar-refractivity contribution in [2.24, 2.45) is 0 Å². The first kappa shape index (κ1) is 25.9. The molecule has 39 heavy (non-hydrogen) atoms. The zero-order valence-electron chi connectivity index (χ0n) is 21.7. The number of amides is 1. The van der Waals surface area contributed by atoms with Crippen LogP contribution in [0.1, 0.15) is 39.8 Å². The minimum absolute atomic E-state index is 0.0458. The number of aryl methyl sites for hydroxylation is 1. The predicted octanol–water partition coefficient (Wildman–Crippen LogP) is 6.10. The third-order valence-electron chi connectivity index (χ3n) is 6.94. The van der Waals surface area contributed by atoms with Crippen molar-refractivity contribution in [1.82, 2.24) is 5.32 Å². The molecule has 1 atom stereocenters. The normalized spacial score (nSPS) is 12.7. The highest BCUT2D eigenvalue weighted by Gasteiger charge is 2.29. The average Bonchev–Trinajstić information content (AvgIpc) is 3.28. The van der Waals surface area contributed by atoms with E-state index in [1.165, 1.54) is 11.1 Å².